The van der Waals surface area contributed by atoms with Crippen LogP contribution in [-0.2, 0) is 0 Å². The molecule has 1 saturated carbocycles. The molecule has 0 radical (unpaired) electrons. The van der Waals surface area contributed by atoms with E-state index < -0.39 is 0 Å². The molecule has 1 aliphatic heterocycles. The highest BCUT2D eigenvalue weighted by molar-refractivity contribution is 9.10. The summed E-state index contributed by atoms with van der Waals surface area (Å²) in [7, 11) is 0. The van der Waals surface area contributed by atoms with Crippen LogP contribution in [0.3, 0.4) is 0 Å². The van der Waals surface area contributed by atoms with Gasteiger partial charge in [-0.1, -0.05) is 35.2 Å². The minimum atomic E-state index is -0.0488. The summed E-state index contributed by atoms with van der Waals surface area (Å²) < 4.78 is 15.4. The fraction of sp³-hybridized carbons (Fsp3) is 0.647. The molecular weight excluding hydrogens is 402 g/mol. The molecule has 132 valence electrons. The molecule has 0 spiro atoms. The summed E-state index contributed by atoms with van der Waals surface area (Å²) in [6.45, 7) is 4.07. The number of nitrogens with one attached hydrogen (secondary N) is 1. The van der Waals surface area contributed by atoms with Crippen LogP contribution in [-0.4, -0.2) is 31.1 Å². The van der Waals surface area contributed by atoms with Gasteiger partial charge in [0.2, 0.25) is 0 Å². The molecule has 1 aromatic rings. The molecule has 1 N–H and O–H groups in total. The molecule has 0 bridgehead atoms. The molecule has 2 aliphatic rings. The zero-order chi connectivity index (χ0) is 14.7. The number of hydrogen-bond acceptors (Lipinski definition) is 2. The number of benzene rings is 1. The quantitative estimate of drug-likeness (QED) is 0.733. The maximum Gasteiger partial charge on any atom is 0.128 e. The van der Waals surface area contributed by atoms with Crippen LogP contribution in [0.1, 0.15) is 43.7 Å². The zero-order valence-corrected chi connectivity index (χ0v) is 16.5. The van der Waals surface area contributed by atoms with Gasteiger partial charge in [0.25, 0.3) is 0 Å². The molecule has 1 heterocycles. The molecule has 1 aliphatic carbocycles. The standard InChI is InChI=1S/C17H24BrFN2.2ClH/c18-14-6-7-16(19)15(12-14)17(13-4-2-1-3-5-13)21-10-8-20-9-11-21;;/h6-7,12-13,17,20H,1-5,8-11H2;2*1H/t17-;;/m1../s1. The van der Waals surface area contributed by atoms with Crippen LogP contribution in [0.2, 0.25) is 0 Å². The van der Waals surface area contributed by atoms with Gasteiger partial charge in [-0.25, -0.2) is 4.39 Å². The molecular formula is C17H26BrCl2FN2. The van der Waals surface area contributed by atoms with Crippen molar-refractivity contribution in [1.82, 2.24) is 10.2 Å². The Kier molecular flexibility index (Phi) is 9.39. The van der Waals surface area contributed by atoms with E-state index in [1.807, 2.05) is 6.07 Å². The lowest BCUT2D eigenvalue weighted by molar-refractivity contribution is 0.101. The Morgan fingerprint density at radius 2 is 1.74 bits per heavy atom. The normalized spacial score (nSPS) is 21.1. The lowest BCUT2D eigenvalue weighted by Gasteiger charge is -2.41. The predicted octanol–water partition coefficient (Wildman–Crippen LogP) is 4.96. The minimum absolute atomic E-state index is 0. The van der Waals surface area contributed by atoms with Crippen molar-refractivity contribution in [1.29, 1.82) is 0 Å². The van der Waals surface area contributed by atoms with E-state index in [2.05, 4.69) is 26.1 Å². The van der Waals surface area contributed by atoms with Crippen molar-refractivity contribution < 1.29 is 4.39 Å². The van der Waals surface area contributed by atoms with Gasteiger partial charge in [-0.2, -0.15) is 0 Å². The summed E-state index contributed by atoms with van der Waals surface area (Å²) in [4.78, 5) is 2.50. The molecule has 3 rings (SSSR count). The van der Waals surface area contributed by atoms with Gasteiger partial charge in [-0.15, -0.1) is 24.8 Å². The fourth-order valence-corrected chi connectivity index (χ4v) is 4.28. The monoisotopic (exact) mass is 426 g/mol. The number of halogens is 4. The lowest BCUT2D eigenvalue weighted by atomic mass is 9.80. The number of hydrogen-bond donors (Lipinski definition) is 1. The van der Waals surface area contributed by atoms with E-state index in [0.717, 1.165) is 36.2 Å². The van der Waals surface area contributed by atoms with Gasteiger partial charge in [0.15, 0.2) is 0 Å². The van der Waals surface area contributed by atoms with E-state index in [0.29, 0.717) is 5.92 Å². The van der Waals surface area contributed by atoms with E-state index in [1.165, 1.54) is 32.1 Å². The third-order valence-corrected chi connectivity index (χ3v) is 5.41. The fourth-order valence-electron chi connectivity index (χ4n) is 3.90. The van der Waals surface area contributed by atoms with Crippen LogP contribution < -0.4 is 5.32 Å². The highest BCUT2D eigenvalue weighted by Gasteiger charge is 2.32. The summed E-state index contributed by atoms with van der Waals surface area (Å²) in [6, 6.07) is 5.65. The second kappa shape index (κ2) is 10.2. The van der Waals surface area contributed by atoms with E-state index in [-0.39, 0.29) is 36.7 Å². The summed E-state index contributed by atoms with van der Waals surface area (Å²) in [6.07, 6.45) is 6.40. The first-order valence-electron chi connectivity index (χ1n) is 8.15. The zero-order valence-electron chi connectivity index (χ0n) is 13.3. The van der Waals surface area contributed by atoms with Crippen molar-refractivity contribution in [2.75, 3.05) is 26.2 Å². The summed E-state index contributed by atoms with van der Waals surface area (Å²) in [5.74, 6) is 0.549. The van der Waals surface area contributed by atoms with Gasteiger partial charge in [0.05, 0.1) is 0 Å². The Hall–Kier alpha value is 0.130. The van der Waals surface area contributed by atoms with Crippen LogP contribution in [0.15, 0.2) is 22.7 Å². The Morgan fingerprint density at radius 3 is 2.39 bits per heavy atom. The highest BCUT2D eigenvalue weighted by atomic mass is 79.9. The maximum atomic E-state index is 14.5. The Balaban J connectivity index is 0.00000132. The predicted molar refractivity (Wildman–Crippen MR) is 102 cm³/mol. The van der Waals surface area contributed by atoms with Gasteiger partial charge in [-0.05, 0) is 37.0 Å². The lowest BCUT2D eigenvalue weighted by Crippen LogP contribution is -2.47. The molecule has 0 aromatic heterocycles. The molecule has 1 atom stereocenters. The Bertz CT molecular complexity index is 460. The van der Waals surface area contributed by atoms with Crippen LogP contribution in [0.25, 0.3) is 0 Å². The Labute approximate surface area is 159 Å². The maximum absolute atomic E-state index is 14.5. The van der Waals surface area contributed by atoms with Crippen molar-refractivity contribution >= 4 is 40.7 Å². The van der Waals surface area contributed by atoms with Crippen molar-refractivity contribution in [2.24, 2.45) is 5.92 Å². The average Bonchev–Trinajstić information content (AvgIpc) is 2.53. The van der Waals surface area contributed by atoms with E-state index >= 15 is 0 Å². The van der Waals surface area contributed by atoms with Crippen molar-refractivity contribution in [3.8, 4) is 0 Å². The van der Waals surface area contributed by atoms with Gasteiger partial charge in [-0.3, -0.25) is 4.90 Å². The smallest absolute Gasteiger partial charge is 0.128 e. The van der Waals surface area contributed by atoms with Crippen molar-refractivity contribution in [2.45, 2.75) is 38.1 Å². The molecule has 2 nitrogen and oxygen atoms in total. The van der Waals surface area contributed by atoms with Gasteiger partial charge in [0.1, 0.15) is 5.82 Å². The van der Waals surface area contributed by atoms with E-state index in [4.69, 9.17) is 0 Å². The van der Waals surface area contributed by atoms with Crippen LogP contribution in [0, 0.1) is 11.7 Å². The molecule has 0 unspecified atom stereocenters. The first kappa shape index (κ1) is 21.2. The molecule has 0 amide bonds. The van der Waals surface area contributed by atoms with Gasteiger partial charge >= 0.3 is 0 Å². The second-order valence-electron chi connectivity index (χ2n) is 6.29. The largest absolute Gasteiger partial charge is 0.314 e. The number of nitrogens with zero attached hydrogens (tertiary/aromatic N) is 1. The van der Waals surface area contributed by atoms with Gasteiger partial charge in [0, 0.05) is 42.3 Å². The second-order valence-corrected chi connectivity index (χ2v) is 7.21. The summed E-state index contributed by atoms with van der Waals surface area (Å²) in [5, 5.41) is 3.41. The van der Waals surface area contributed by atoms with Crippen LogP contribution in [0.4, 0.5) is 4.39 Å². The first-order valence-corrected chi connectivity index (χ1v) is 8.95. The SMILES string of the molecule is Cl.Cl.Fc1ccc(Br)cc1[C@@H](C1CCCCC1)N1CCNCC1. The van der Waals surface area contributed by atoms with E-state index in [9.17, 15) is 4.39 Å². The molecule has 23 heavy (non-hydrogen) atoms. The van der Waals surface area contributed by atoms with Crippen LogP contribution in [0.5, 0.6) is 0 Å². The third-order valence-electron chi connectivity index (χ3n) is 4.92. The molecule has 1 aromatic carbocycles. The topological polar surface area (TPSA) is 15.3 Å². The van der Waals surface area contributed by atoms with Gasteiger partial charge < -0.3 is 5.32 Å². The number of piperazine rings is 1. The van der Waals surface area contributed by atoms with E-state index in [1.54, 1.807) is 12.1 Å². The van der Waals surface area contributed by atoms with Crippen molar-refractivity contribution in [3.05, 3.63) is 34.1 Å². The Morgan fingerprint density at radius 1 is 1.09 bits per heavy atom. The number of rotatable bonds is 3. The average molecular weight is 428 g/mol. The highest BCUT2D eigenvalue weighted by Crippen LogP contribution is 2.40. The minimum Gasteiger partial charge on any atom is -0.314 e. The van der Waals surface area contributed by atoms with Crippen molar-refractivity contribution in [3.63, 3.8) is 0 Å². The summed E-state index contributed by atoms with van der Waals surface area (Å²) >= 11 is 3.52. The van der Waals surface area contributed by atoms with Crippen LogP contribution >= 0.6 is 40.7 Å². The summed E-state index contributed by atoms with van der Waals surface area (Å²) in [5.41, 5.74) is 0.887. The third kappa shape index (κ3) is 5.30. The first-order chi connectivity index (χ1) is 10.3. The molecule has 1 saturated heterocycles. The molecule has 6 heteroatoms. The molecule has 2 fully saturated rings.